The smallest absolute Gasteiger partial charge is 0.264 e. The van der Waals surface area contributed by atoms with Gasteiger partial charge in [-0.2, -0.15) is 0 Å². The van der Waals surface area contributed by atoms with Crippen molar-refractivity contribution in [1.82, 2.24) is 10.2 Å². The number of amides is 2. The number of benzene rings is 3. The maximum Gasteiger partial charge on any atom is 0.264 e. The van der Waals surface area contributed by atoms with Gasteiger partial charge in [0.05, 0.1) is 10.6 Å². The molecule has 0 aromatic heterocycles. The van der Waals surface area contributed by atoms with Crippen LogP contribution in [0.1, 0.15) is 50.3 Å². The molecule has 38 heavy (non-hydrogen) atoms. The van der Waals surface area contributed by atoms with E-state index in [1.165, 1.54) is 17.0 Å². The van der Waals surface area contributed by atoms with Gasteiger partial charge >= 0.3 is 0 Å². The predicted octanol–water partition coefficient (Wildman–Crippen LogP) is 4.87. The Labute approximate surface area is 226 Å². The SMILES string of the molecule is CCNC(=O)[C@@H](C)N(Cc1ccc(C)cc1)C(=O)CN(c1ccc(C(C)C)cc1)S(=O)(=O)c1ccccc1. The second kappa shape index (κ2) is 12.7. The number of hydrogen-bond acceptors (Lipinski definition) is 4. The van der Waals surface area contributed by atoms with E-state index >= 15 is 0 Å². The van der Waals surface area contributed by atoms with Crippen molar-refractivity contribution >= 4 is 27.5 Å². The number of nitrogens with zero attached hydrogens (tertiary/aromatic N) is 2. The highest BCUT2D eigenvalue weighted by atomic mass is 32.2. The number of carbonyl (C=O) groups is 2. The van der Waals surface area contributed by atoms with Crippen molar-refractivity contribution in [1.29, 1.82) is 0 Å². The summed E-state index contributed by atoms with van der Waals surface area (Å²) in [5.74, 6) is -0.503. The number of rotatable bonds is 11. The minimum atomic E-state index is -4.07. The lowest BCUT2D eigenvalue weighted by atomic mass is 10.0. The monoisotopic (exact) mass is 535 g/mol. The Bertz CT molecular complexity index is 1320. The van der Waals surface area contributed by atoms with E-state index in [-0.39, 0.29) is 23.3 Å². The number of likely N-dealkylation sites (N-methyl/N-ethyl adjacent to an activating group) is 1. The van der Waals surface area contributed by atoms with Gasteiger partial charge in [0.25, 0.3) is 10.0 Å². The summed E-state index contributed by atoms with van der Waals surface area (Å²) in [6.45, 7) is 9.70. The molecule has 0 aliphatic heterocycles. The second-order valence-corrected chi connectivity index (χ2v) is 11.5. The molecule has 0 fully saturated rings. The molecule has 2 amide bonds. The standard InChI is InChI=1S/C30H37N3O4S/c1-6-31-30(35)24(5)32(20-25-14-12-23(4)13-15-25)29(34)21-33(27-18-16-26(17-19-27)22(2)3)38(36,37)28-10-8-7-9-11-28/h7-19,22,24H,6,20-21H2,1-5H3,(H,31,35)/t24-/m1/s1. The van der Waals surface area contributed by atoms with Crippen LogP contribution in [-0.4, -0.2) is 44.3 Å². The third kappa shape index (κ3) is 7.01. The molecule has 202 valence electrons. The molecule has 0 heterocycles. The number of hydrogen-bond donors (Lipinski definition) is 1. The Morgan fingerprint density at radius 3 is 2.03 bits per heavy atom. The highest BCUT2D eigenvalue weighted by Gasteiger charge is 2.32. The molecule has 0 unspecified atom stereocenters. The minimum Gasteiger partial charge on any atom is -0.355 e. The summed E-state index contributed by atoms with van der Waals surface area (Å²) >= 11 is 0. The summed E-state index contributed by atoms with van der Waals surface area (Å²) < 4.78 is 28.7. The molecule has 3 aromatic carbocycles. The zero-order valence-corrected chi connectivity index (χ0v) is 23.5. The first-order valence-electron chi connectivity index (χ1n) is 12.8. The van der Waals surface area contributed by atoms with Gasteiger partial charge < -0.3 is 10.2 Å². The van der Waals surface area contributed by atoms with Crippen LogP contribution >= 0.6 is 0 Å². The Kier molecular flexibility index (Phi) is 9.69. The van der Waals surface area contributed by atoms with Crippen LogP contribution in [0.3, 0.4) is 0 Å². The van der Waals surface area contributed by atoms with Gasteiger partial charge in [0.2, 0.25) is 11.8 Å². The summed E-state index contributed by atoms with van der Waals surface area (Å²) in [5.41, 5.74) is 3.36. The maximum absolute atomic E-state index is 13.8. The van der Waals surface area contributed by atoms with Crippen molar-refractivity contribution in [3.8, 4) is 0 Å². The van der Waals surface area contributed by atoms with E-state index in [1.54, 1.807) is 37.3 Å². The molecule has 0 bridgehead atoms. The third-order valence-electron chi connectivity index (χ3n) is 6.45. The van der Waals surface area contributed by atoms with Crippen molar-refractivity contribution in [3.05, 3.63) is 95.6 Å². The molecule has 7 nitrogen and oxygen atoms in total. The van der Waals surface area contributed by atoms with E-state index in [9.17, 15) is 18.0 Å². The molecular formula is C30H37N3O4S. The molecule has 0 aliphatic carbocycles. The highest BCUT2D eigenvalue weighted by molar-refractivity contribution is 7.92. The first-order chi connectivity index (χ1) is 18.0. The summed E-state index contributed by atoms with van der Waals surface area (Å²) in [4.78, 5) is 28.1. The van der Waals surface area contributed by atoms with Crippen molar-refractivity contribution in [2.75, 3.05) is 17.4 Å². The normalized spacial score (nSPS) is 12.2. The van der Waals surface area contributed by atoms with Gasteiger partial charge in [0.1, 0.15) is 12.6 Å². The minimum absolute atomic E-state index is 0.0857. The summed E-state index contributed by atoms with van der Waals surface area (Å²) in [6.07, 6.45) is 0. The number of nitrogens with one attached hydrogen (secondary N) is 1. The molecule has 0 radical (unpaired) electrons. The lowest BCUT2D eigenvalue weighted by molar-refractivity contribution is -0.139. The maximum atomic E-state index is 13.8. The first kappa shape index (κ1) is 28.9. The van der Waals surface area contributed by atoms with Crippen LogP contribution in [0.4, 0.5) is 5.69 Å². The first-order valence-corrected chi connectivity index (χ1v) is 14.3. The number of aryl methyl sites for hydroxylation is 1. The lowest BCUT2D eigenvalue weighted by Crippen LogP contribution is -2.51. The van der Waals surface area contributed by atoms with Gasteiger partial charge in [-0.3, -0.25) is 13.9 Å². The van der Waals surface area contributed by atoms with Crippen molar-refractivity contribution in [3.63, 3.8) is 0 Å². The van der Waals surface area contributed by atoms with E-state index in [4.69, 9.17) is 0 Å². The van der Waals surface area contributed by atoms with Crippen molar-refractivity contribution in [2.45, 2.75) is 58.0 Å². The Morgan fingerprint density at radius 2 is 1.47 bits per heavy atom. The molecule has 1 N–H and O–H groups in total. The highest BCUT2D eigenvalue weighted by Crippen LogP contribution is 2.26. The Balaban J connectivity index is 2.02. The van der Waals surface area contributed by atoms with Crippen LogP contribution in [0.15, 0.2) is 83.8 Å². The molecular weight excluding hydrogens is 498 g/mol. The molecule has 0 spiro atoms. The zero-order valence-electron chi connectivity index (χ0n) is 22.7. The van der Waals surface area contributed by atoms with Crippen LogP contribution in [0, 0.1) is 6.92 Å². The largest absolute Gasteiger partial charge is 0.355 e. The van der Waals surface area contributed by atoms with Crippen LogP contribution in [0.2, 0.25) is 0 Å². The van der Waals surface area contributed by atoms with Gasteiger partial charge in [-0.1, -0.05) is 74.0 Å². The lowest BCUT2D eigenvalue weighted by Gasteiger charge is -2.32. The van der Waals surface area contributed by atoms with Crippen molar-refractivity contribution < 1.29 is 18.0 Å². The Hall–Kier alpha value is -3.65. The van der Waals surface area contributed by atoms with E-state index in [0.717, 1.165) is 21.0 Å². The predicted molar refractivity (Wildman–Crippen MR) is 151 cm³/mol. The van der Waals surface area contributed by atoms with Gasteiger partial charge in [-0.15, -0.1) is 0 Å². The van der Waals surface area contributed by atoms with Gasteiger partial charge in [0.15, 0.2) is 0 Å². The van der Waals surface area contributed by atoms with Gasteiger partial charge in [-0.05, 0) is 62.1 Å². The average molecular weight is 536 g/mol. The average Bonchev–Trinajstić information content (AvgIpc) is 2.91. The van der Waals surface area contributed by atoms with E-state index in [1.807, 2.05) is 50.2 Å². The number of sulfonamides is 1. The molecule has 0 saturated carbocycles. The topological polar surface area (TPSA) is 86.8 Å². The molecule has 0 saturated heterocycles. The van der Waals surface area contributed by atoms with Gasteiger partial charge in [-0.25, -0.2) is 8.42 Å². The van der Waals surface area contributed by atoms with E-state index in [0.29, 0.717) is 12.2 Å². The van der Waals surface area contributed by atoms with E-state index < -0.39 is 28.5 Å². The summed E-state index contributed by atoms with van der Waals surface area (Å²) in [7, 11) is -4.07. The molecule has 1 atom stereocenters. The van der Waals surface area contributed by atoms with Crippen molar-refractivity contribution in [2.24, 2.45) is 0 Å². The van der Waals surface area contributed by atoms with Crippen LogP contribution in [0.5, 0.6) is 0 Å². The third-order valence-corrected chi connectivity index (χ3v) is 8.24. The van der Waals surface area contributed by atoms with Crippen LogP contribution in [-0.2, 0) is 26.2 Å². The number of anilines is 1. The molecule has 8 heteroatoms. The fraction of sp³-hybridized carbons (Fsp3) is 0.333. The fourth-order valence-electron chi connectivity index (χ4n) is 4.07. The van der Waals surface area contributed by atoms with E-state index in [2.05, 4.69) is 19.2 Å². The number of carbonyl (C=O) groups excluding carboxylic acids is 2. The fourth-order valence-corrected chi connectivity index (χ4v) is 5.50. The second-order valence-electron chi connectivity index (χ2n) is 9.65. The van der Waals surface area contributed by atoms with Crippen LogP contribution < -0.4 is 9.62 Å². The quantitative estimate of drug-likeness (QED) is 0.380. The zero-order chi connectivity index (χ0) is 27.9. The van der Waals surface area contributed by atoms with Gasteiger partial charge in [0, 0.05) is 13.1 Å². The van der Waals surface area contributed by atoms with Crippen LogP contribution in [0.25, 0.3) is 0 Å². The Morgan fingerprint density at radius 1 is 0.868 bits per heavy atom. The molecule has 3 rings (SSSR count). The molecule has 0 aliphatic rings. The summed E-state index contributed by atoms with van der Waals surface area (Å²) in [5, 5.41) is 2.77. The summed E-state index contributed by atoms with van der Waals surface area (Å²) in [6, 6.07) is 22.1. The molecule has 3 aromatic rings.